The van der Waals surface area contributed by atoms with Crippen molar-refractivity contribution >= 4 is 11.9 Å². The number of para-hydroxylation sites is 1. The molecule has 156 valence electrons. The lowest BCUT2D eigenvalue weighted by Gasteiger charge is -2.32. The number of primary amides is 1. The number of carbonyl (C=O) groups excluding carboxylic acids is 2. The molecule has 2 rings (SSSR count). The molecule has 0 radical (unpaired) electrons. The molecule has 0 bridgehead atoms. The highest BCUT2D eigenvalue weighted by atomic mass is 16.5. The van der Waals surface area contributed by atoms with Crippen LogP contribution in [0.2, 0.25) is 0 Å². The van der Waals surface area contributed by atoms with Gasteiger partial charge in [-0.05, 0) is 42.7 Å². The zero-order chi connectivity index (χ0) is 21.3. The van der Waals surface area contributed by atoms with Gasteiger partial charge in [0.2, 0.25) is 5.91 Å². The Morgan fingerprint density at radius 2 is 1.69 bits per heavy atom. The second-order valence-electron chi connectivity index (χ2n) is 6.99. The van der Waals surface area contributed by atoms with Crippen LogP contribution in [0, 0.1) is 0 Å². The zero-order valence-electron chi connectivity index (χ0n) is 17.0. The van der Waals surface area contributed by atoms with Crippen LogP contribution in [0.15, 0.2) is 54.6 Å². The van der Waals surface area contributed by atoms with Crippen molar-refractivity contribution in [2.45, 2.75) is 44.7 Å². The van der Waals surface area contributed by atoms with Gasteiger partial charge < -0.3 is 26.8 Å². The van der Waals surface area contributed by atoms with Gasteiger partial charge in [-0.25, -0.2) is 4.79 Å². The predicted octanol–water partition coefficient (Wildman–Crippen LogP) is 3.21. The minimum atomic E-state index is -0.701. The third kappa shape index (κ3) is 6.50. The maximum Gasteiger partial charge on any atom is 0.312 e. The van der Waals surface area contributed by atoms with Crippen LogP contribution in [0.5, 0.6) is 11.5 Å². The van der Waals surface area contributed by atoms with E-state index in [0.717, 1.165) is 18.4 Å². The highest BCUT2D eigenvalue weighted by Gasteiger charge is 2.28. The summed E-state index contributed by atoms with van der Waals surface area (Å²) in [7, 11) is 0. The Morgan fingerprint density at radius 1 is 1.03 bits per heavy atom. The van der Waals surface area contributed by atoms with E-state index in [0.29, 0.717) is 18.0 Å². The van der Waals surface area contributed by atoms with Gasteiger partial charge in [0.1, 0.15) is 11.5 Å². The number of nitrogens with one attached hydrogen (secondary N) is 2. The van der Waals surface area contributed by atoms with E-state index < -0.39 is 17.6 Å². The van der Waals surface area contributed by atoms with Crippen molar-refractivity contribution < 1.29 is 14.3 Å². The fourth-order valence-corrected chi connectivity index (χ4v) is 3.14. The first-order chi connectivity index (χ1) is 13.9. The maximum atomic E-state index is 12.7. The largest absolute Gasteiger partial charge is 0.457 e. The second kappa shape index (κ2) is 10.5. The fourth-order valence-electron chi connectivity index (χ4n) is 3.14. The Morgan fingerprint density at radius 3 is 2.28 bits per heavy atom. The van der Waals surface area contributed by atoms with Crippen LogP contribution in [0.3, 0.4) is 0 Å². The van der Waals surface area contributed by atoms with Crippen molar-refractivity contribution in [3.8, 4) is 11.5 Å². The first-order valence-corrected chi connectivity index (χ1v) is 9.81. The lowest BCUT2D eigenvalue weighted by Crippen LogP contribution is -2.53. The van der Waals surface area contributed by atoms with E-state index in [-0.39, 0.29) is 12.3 Å². The smallest absolute Gasteiger partial charge is 0.312 e. The summed E-state index contributed by atoms with van der Waals surface area (Å²) in [5.41, 5.74) is 11.5. The Bertz CT molecular complexity index is 798. The molecule has 0 aliphatic rings. The second-order valence-corrected chi connectivity index (χ2v) is 6.99. The summed E-state index contributed by atoms with van der Waals surface area (Å²) in [5, 5.41) is 5.67. The van der Waals surface area contributed by atoms with Crippen molar-refractivity contribution in [3.63, 3.8) is 0 Å². The zero-order valence-corrected chi connectivity index (χ0v) is 17.0. The van der Waals surface area contributed by atoms with Gasteiger partial charge in [-0.3, -0.25) is 4.79 Å². The molecule has 1 atom stereocenters. The van der Waals surface area contributed by atoms with Crippen molar-refractivity contribution in [2.24, 2.45) is 11.5 Å². The summed E-state index contributed by atoms with van der Waals surface area (Å²) in [6.45, 7) is 4.32. The predicted molar refractivity (Wildman–Crippen MR) is 114 cm³/mol. The molecule has 0 spiro atoms. The van der Waals surface area contributed by atoms with Gasteiger partial charge in [0.25, 0.3) is 0 Å². The number of rotatable bonds is 10. The number of ether oxygens (including phenoxy) is 1. The lowest BCUT2D eigenvalue weighted by molar-refractivity contribution is -0.123. The first kappa shape index (κ1) is 22.2. The summed E-state index contributed by atoms with van der Waals surface area (Å²) in [6.07, 6.45) is 1.49. The normalized spacial score (nSPS) is 12.1. The van der Waals surface area contributed by atoms with Gasteiger partial charge in [-0.2, -0.15) is 0 Å². The van der Waals surface area contributed by atoms with E-state index in [1.165, 1.54) is 0 Å². The third-order valence-electron chi connectivity index (χ3n) is 5.09. The van der Waals surface area contributed by atoms with Gasteiger partial charge in [0.05, 0.1) is 18.0 Å². The summed E-state index contributed by atoms with van der Waals surface area (Å²) in [6, 6.07) is 15.3. The molecule has 7 heteroatoms. The molecule has 7 nitrogen and oxygen atoms in total. The van der Waals surface area contributed by atoms with Crippen molar-refractivity contribution in [3.05, 3.63) is 60.2 Å². The first-order valence-electron chi connectivity index (χ1n) is 9.81. The summed E-state index contributed by atoms with van der Waals surface area (Å²) >= 11 is 0. The quantitative estimate of drug-likeness (QED) is 0.491. The van der Waals surface area contributed by atoms with Gasteiger partial charge in [0.15, 0.2) is 0 Å². The molecule has 0 fully saturated rings. The van der Waals surface area contributed by atoms with E-state index in [2.05, 4.69) is 10.6 Å². The molecule has 3 amide bonds. The highest BCUT2D eigenvalue weighted by Crippen LogP contribution is 2.26. The number of benzene rings is 2. The lowest BCUT2D eigenvalue weighted by atomic mass is 9.92. The average molecular weight is 399 g/mol. The van der Waals surface area contributed by atoms with E-state index in [4.69, 9.17) is 16.2 Å². The number of amides is 3. The molecule has 1 unspecified atom stereocenters. The molecule has 29 heavy (non-hydrogen) atoms. The SMILES string of the molecule is CCC(CC)(CN)NC(=O)CC(NC(N)=O)c1cccc(Oc2ccccc2)c1. The molecular formula is C22H30N4O3. The molecule has 0 aliphatic heterocycles. The Balaban J connectivity index is 2.18. The van der Waals surface area contributed by atoms with Crippen LogP contribution in [0.1, 0.15) is 44.7 Å². The molecule has 2 aromatic carbocycles. The number of hydrogen-bond donors (Lipinski definition) is 4. The highest BCUT2D eigenvalue weighted by molar-refractivity contribution is 5.79. The van der Waals surface area contributed by atoms with Crippen LogP contribution >= 0.6 is 0 Å². The Kier molecular flexibility index (Phi) is 8.03. The minimum absolute atomic E-state index is 0.0412. The summed E-state index contributed by atoms with van der Waals surface area (Å²) < 4.78 is 5.85. The van der Waals surface area contributed by atoms with E-state index in [1.54, 1.807) is 6.07 Å². The van der Waals surface area contributed by atoms with E-state index in [9.17, 15) is 9.59 Å². The van der Waals surface area contributed by atoms with Crippen LogP contribution in [0.25, 0.3) is 0 Å². The van der Waals surface area contributed by atoms with Gasteiger partial charge in [-0.1, -0.05) is 44.2 Å². The molecule has 0 aliphatic carbocycles. The van der Waals surface area contributed by atoms with Crippen LogP contribution in [0.4, 0.5) is 4.79 Å². The maximum absolute atomic E-state index is 12.7. The minimum Gasteiger partial charge on any atom is -0.457 e. The summed E-state index contributed by atoms with van der Waals surface area (Å²) in [4.78, 5) is 24.2. The molecule has 0 saturated heterocycles. The van der Waals surface area contributed by atoms with Crippen molar-refractivity contribution in [1.29, 1.82) is 0 Å². The number of urea groups is 1. The molecule has 6 N–H and O–H groups in total. The fraction of sp³-hybridized carbons (Fsp3) is 0.364. The molecule has 0 saturated carbocycles. The average Bonchev–Trinajstić information content (AvgIpc) is 2.72. The monoisotopic (exact) mass is 398 g/mol. The van der Waals surface area contributed by atoms with Crippen molar-refractivity contribution in [2.75, 3.05) is 6.54 Å². The number of nitrogens with two attached hydrogens (primary N) is 2. The van der Waals surface area contributed by atoms with E-state index in [1.807, 2.05) is 62.4 Å². The molecule has 0 heterocycles. The van der Waals surface area contributed by atoms with Gasteiger partial charge in [0, 0.05) is 6.54 Å². The third-order valence-corrected chi connectivity index (χ3v) is 5.09. The Hall–Kier alpha value is -3.06. The van der Waals surface area contributed by atoms with Crippen molar-refractivity contribution in [1.82, 2.24) is 10.6 Å². The van der Waals surface area contributed by atoms with Gasteiger partial charge >= 0.3 is 6.03 Å². The standard InChI is InChI=1S/C22H30N4O3/c1-3-22(4-2,15-23)26-20(27)14-19(25-21(24)28)16-9-8-12-18(13-16)29-17-10-6-5-7-11-17/h5-13,19H,3-4,14-15,23H2,1-2H3,(H,26,27)(H3,24,25,28). The molecule has 2 aromatic rings. The molecule has 0 aromatic heterocycles. The van der Waals surface area contributed by atoms with Gasteiger partial charge in [-0.15, -0.1) is 0 Å². The molecular weight excluding hydrogens is 368 g/mol. The summed E-state index contributed by atoms with van der Waals surface area (Å²) in [5.74, 6) is 1.09. The van der Waals surface area contributed by atoms with E-state index >= 15 is 0 Å². The van der Waals surface area contributed by atoms with Crippen LogP contribution < -0.4 is 26.8 Å². The van der Waals surface area contributed by atoms with Crippen LogP contribution in [-0.2, 0) is 4.79 Å². The van der Waals surface area contributed by atoms with Crippen LogP contribution in [-0.4, -0.2) is 24.0 Å². The topological polar surface area (TPSA) is 119 Å². The number of carbonyl (C=O) groups is 2. The Labute approximate surface area is 171 Å². The number of hydrogen-bond acceptors (Lipinski definition) is 4.